The summed E-state index contributed by atoms with van der Waals surface area (Å²) < 4.78 is 5.44. The molecule has 2 heterocycles. The second-order valence-corrected chi connectivity index (χ2v) is 7.08. The van der Waals surface area contributed by atoms with Gasteiger partial charge in [-0.3, -0.25) is 4.79 Å². The van der Waals surface area contributed by atoms with Gasteiger partial charge >= 0.3 is 0 Å². The van der Waals surface area contributed by atoms with E-state index in [9.17, 15) is 4.79 Å². The first-order valence-corrected chi connectivity index (χ1v) is 9.00. The summed E-state index contributed by atoms with van der Waals surface area (Å²) >= 11 is 0. The summed E-state index contributed by atoms with van der Waals surface area (Å²) in [6, 6.07) is 2.33. The van der Waals surface area contributed by atoms with Crippen LogP contribution in [-0.2, 0) is 9.53 Å². The molecule has 2 N–H and O–H groups in total. The van der Waals surface area contributed by atoms with Gasteiger partial charge in [0.15, 0.2) is 11.5 Å². The van der Waals surface area contributed by atoms with Gasteiger partial charge < -0.3 is 15.4 Å². The highest BCUT2D eigenvalue weighted by molar-refractivity contribution is 5.80. The van der Waals surface area contributed by atoms with Crippen LogP contribution in [0.3, 0.4) is 0 Å². The van der Waals surface area contributed by atoms with E-state index in [4.69, 9.17) is 10.00 Å². The van der Waals surface area contributed by atoms with Crippen LogP contribution in [0, 0.1) is 29.1 Å². The van der Waals surface area contributed by atoms with Gasteiger partial charge in [-0.05, 0) is 37.5 Å². The standard InChI is InChI=1S/C18H25N5O2/c1-12-8-14(9-12)23-18(24)15(13-2-6-25-7-3-13)11-22-17-16(10-19)20-4-5-21-17/h4-5,12-15H,2-3,6-9,11H2,1H3,(H,21,22)(H,23,24). The predicted molar refractivity (Wildman–Crippen MR) is 92.6 cm³/mol. The molecule has 134 valence electrons. The molecule has 2 fully saturated rings. The van der Waals surface area contributed by atoms with Crippen molar-refractivity contribution in [1.82, 2.24) is 15.3 Å². The van der Waals surface area contributed by atoms with E-state index in [-0.39, 0.29) is 23.4 Å². The van der Waals surface area contributed by atoms with E-state index in [1.165, 1.54) is 6.20 Å². The van der Waals surface area contributed by atoms with Crippen LogP contribution >= 0.6 is 0 Å². The van der Waals surface area contributed by atoms with Gasteiger partial charge in [-0.2, -0.15) is 5.26 Å². The van der Waals surface area contributed by atoms with Crippen molar-refractivity contribution in [2.24, 2.45) is 17.8 Å². The van der Waals surface area contributed by atoms with E-state index in [0.717, 1.165) is 25.7 Å². The third-order valence-electron chi connectivity index (χ3n) is 5.19. The smallest absolute Gasteiger partial charge is 0.225 e. The molecule has 1 amide bonds. The van der Waals surface area contributed by atoms with Crippen LogP contribution in [0.15, 0.2) is 12.4 Å². The van der Waals surface area contributed by atoms with Crippen LogP contribution in [-0.4, -0.2) is 41.7 Å². The average molecular weight is 343 g/mol. The fraction of sp³-hybridized carbons (Fsp3) is 0.667. The molecule has 0 spiro atoms. The second-order valence-electron chi connectivity index (χ2n) is 7.08. The van der Waals surface area contributed by atoms with Crippen LogP contribution in [0.4, 0.5) is 5.82 Å². The van der Waals surface area contributed by atoms with Crippen molar-refractivity contribution in [2.75, 3.05) is 25.1 Å². The zero-order chi connectivity index (χ0) is 17.6. The minimum Gasteiger partial charge on any atom is -0.381 e. The van der Waals surface area contributed by atoms with E-state index in [1.807, 2.05) is 6.07 Å². The summed E-state index contributed by atoms with van der Waals surface area (Å²) in [6.07, 6.45) is 6.91. The number of carbonyl (C=O) groups is 1. The Morgan fingerprint density at radius 3 is 2.76 bits per heavy atom. The maximum absolute atomic E-state index is 12.8. The number of rotatable bonds is 6. The molecule has 1 saturated heterocycles. The summed E-state index contributed by atoms with van der Waals surface area (Å²) in [7, 11) is 0. The minimum atomic E-state index is -0.159. The van der Waals surface area contributed by atoms with Gasteiger partial charge in [0.05, 0.1) is 5.92 Å². The van der Waals surface area contributed by atoms with Crippen LogP contribution in [0.2, 0.25) is 0 Å². The number of nitrogens with zero attached hydrogens (tertiary/aromatic N) is 3. The first-order chi connectivity index (χ1) is 12.2. The van der Waals surface area contributed by atoms with Crippen LogP contribution in [0.25, 0.3) is 0 Å². The molecule has 1 unspecified atom stereocenters. The predicted octanol–water partition coefficient (Wildman–Crippen LogP) is 1.72. The summed E-state index contributed by atoms with van der Waals surface area (Å²) in [4.78, 5) is 21.0. The quantitative estimate of drug-likeness (QED) is 0.816. The Bertz CT molecular complexity index is 633. The summed E-state index contributed by atoms with van der Waals surface area (Å²) in [5, 5.41) is 15.5. The molecule has 1 aliphatic heterocycles. The Morgan fingerprint density at radius 2 is 2.08 bits per heavy atom. The molecule has 1 aromatic rings. The Balaban J connectivity index is 1.65. The Kier molecular flexibility index (Phi) is 5.82. The van der Waals surface area contributed by atoms with Gasteiger partial charge in [0, 0.05) is 38.2 Å². The summed E-state index contributed by atoms with van der Waals surface area (Å²) in [5.74, 6) is 1.35. The molecule has 7 heteroatoms. The summed E-state index contributed by atoms with van der Waals surface area (Å²) in [5.41, 5.74) is 0.251. The van der Waals surface area contributed by atoms with Crippen LogP contribution < -0.4 is 10.6 Å². The maximum atomic E-state index is 12.8. The number of amides is 1. The number of carbonyl (C=O) groups excluding carboxylic acids is 1. The van der Waals surface area contributed by atoms with Gasteiger partial charge in [-0.25, -0.2) is 9.97 Å². The molecule has 1 atom stereocenters. The highest BCUT2D eigenvalue weighted by Gasteiger charge is 2.33. The molecule has 7 nitrogen and oxygen atoms in total. The van der Waals surface area contributed by atoms with Gasteiger partial charge in [-0.15, -0.1) is 0 Å². The molecule has 25 heavy (non-hydrogen) atoms. The number of nitrogens with one attached hydrogen (secondary N) is 2. The van der Waals surface area contributed by atoms with Gasteiger partial charge in [0.25, 0.3) is 0 Å². The monoisotopic (exact) mass is 343 g/mol. The number of hydrogen-bond donors (Lipinski definition) is 2. The molecular weight excluding hydrogens is 318 g/mol. The van der Waals surface area contributed by atoms with Crippen LogP contribution in [0.5, 0.6) is 0 Å². The third-order valence-corrected chi connectivity index (χ3v) is 5.19. The fourth-order valence-electron chi connectivity index (χ4n) is 3.68. The highest BCUT2D eigenvalue weighted by Crippen LogP contribution is 2.29. The molecular formula is C18H25N5O2. The van der Waals surface area contributed by atoms with Crippen molar-refractivity contribution in [3.63, 3.8) is 0 Å². The number of hydrogen-bond acceptors (Lipinski definition) is 6. The SMILES string of the molecule is CC1CC(NC(=O)C(CNc2nccnc2C#N)C2CCOCC2)C1. The van der Waals surface area contributed by atoms with E-state index in [2.05, 4.69) is 27.5 Å². The van der Waals surface area contributed by atoms with E-state index in [1.54, 1.807) is 6.20 Å². The number of nitriles is 1. The number of ether oxygens (including phenoxy) is 1. The zero-order valence-corrected chi connectivity index (χ0v) is 14.6. The van der Waals surface area contributed by atoms with Crippen molar-refractivity contribution >= 4 is 11.7 Å². The van der Waals surface area contributed by atoms with E-state index in [0.29, 0.717) is 37.5 Å². The molecule has 1 aliphatic carbocycles. The molecule has 0 aromatic carbocycles. The maximum Gasteiger partial charge on any atom is 0.225 e. The van der Waals surface area contributed by atoms with Gasteiger partial charge in [0.2, 0.25) is 5.91 Å². The second kappa shape index (κ2) is 8.26. The third kappa shape index (κ3) is 4.45. The largest absolute Gasteiger partial charge is 0.381 e. The van der Waals surface area contributed by atoms with Crippen molar-refractivity contribution in [2.45, 2.75) is 38.6 Å². The normalized spacial score (nSPS) is 24.6. The Labute approximate surface area is 148 Å². The van der Waals surface area contributed by atoms with E-state index < -0.39 is 0 Å². The number of anilines is 1. The number of aromatic nitrogens is 2. The van der Waals surface area contributed by atoms with Crippen molar-refractivity contribution in [1.29, 1.82) is 5.26 Å². The minimum absolute atomic E-state index is 0.0960. The average Bonchev–Trinajstić information content (AvgIpc) is 2.62. The zero-order valence-electron chi connectivity index (χ0n) is 14.6. The highest BCUT2D eigenvalue weighted by atomic mass is 16.5. The molecule has 1 saturated carbocycles. The van der Waals surface area contributed by atoms with Crippen LogP contribution in [0.1, 0.15) is 38.3 Å². The van der Waals surface area contributed by atoms with Gasteiger partial charge in [0.1, 0.15) is 6.07 Å². The lowest BCUT2D eigenvalue weighted by molar-refractivity contribution is -0.129. The molecule has 3 rings (SSSR count). The molecule has 0 radical (unpaired) electrons. The fourth-order valence-corrected chi connectivity index (χ4v) is 3.68. The lowest BCUT2D eigenvalue weighted by atomic mass is 9.80. The molecule has 2 aliphatic rings. The van der Waals surface area contributed by atoms with E-state index >= 15 is 0 Å². The first kappa shape index (κ1) is 17.6. The van der Waals surface area contributed by atoms with Crippen molar-refractivity contribution < 1.29 is 9.53 Å². The summed E-state index contributed by atoms with van der Waals surface area (Å²) in [6.45, 7) is 4.05. The lowest BCUT2D eigenvalue weighted by Crippen LogP contribution is -2.49. The molecule has 1 aromatic heterocycles. The van der Waals surface area contributed by atoms with Crippen molar-refractivity contribution in [3.8, 4) is 6.07 Å². The Hall–Kier alpha value is -2.20. The topological polar surface area (TPSA) is 99.9 Å². The first-order valence-electron chi connectivity index (χ1n) is 9.00. The Morgan fingerprint density at radius 1 is 1.36 bits per heavy atom. The lowest BCUT2D eigenvalue weighted by Gasteiger charge is -2.36. The molecule has 0 bridgehead atoms. The van der Waals surface area contributed by atoms with Crippen molar-refractivity contribution in [3.05, 3.63) is 18.1 Å². The van der Waals surface area contributed by atoms with Gasteiger partial charge in [-0.1, -0.05) is 6.92 Å².